The number of ether oxygens (including phenoxy) is 1. The summed E-state index contributed by atoms with van der Waals surface area (Å²) in [5.74, 6) is 0.0894. The van der Waals surface area contributed by atoms with Gasteiger partial charge in [-0.25, -0.2) is 4.79 Å². The number of rotatable bonds is 2. The zero-order valence-corrected chi connectivity index (χ0v) is 16.2. The molecule has 1 aromatic rings. The second kappa shape index (κ2) is 7.17. The van der Waals surface area contributed by atoms with Crippen molar-refractivity contribution in [3.8, 4) is 0 Å². The highest BCUT2D eigenvalue weighted by molar-refractivity contribution is 5.95. The SMILES string of the molecule is CC(=O)N1CCc2c(NC3CCN(C(=O)OC(C)(C)C)CC3)cccc21. The largest absolute Gasteiger partial charge is 0.444 e. The lowest BCUT2D eigenvalue weighted by molar-refractivity contribution is -0.116. The lowest BCUT2D eigenvalue weighted by atomic mass is 10.0. The molecule has 1 fully saturated rings. The van der Waals surface area contributed by atoms with Crippen molar-refractivity contribution >= 4 is 23.4 Å². The van der Waals surface area contributed by atoms with Gasteiger partial charge in [0.15, 0.2) is 0 Å². The van der Waals surface area contributed by atoms with E-state index >= 15 is 0 Å². The molecule has 142 valence electrons. The fraction of sp³-hybridized carbons (Fsp3) is 0.600. The quantitative estimate of drug-likeness (QED) is 0.879. The third-order valence-corrected chi connectivity index (χ3v) is 4.91. The van der Waals surface area contributed by atoms with Crippen molar-refractivity contribution in [2.75, 3.05) is 29.9 Å². The van der Waals surface area contributed by atoms with E-state index in [0.29, 0.717) is 19.1 Å². The van der Waals surface area contributed by atoms with Crippen molar-refractivity contribution < 1.29 is 14.3 Å². The molecule has 6 nitrogen and oxygen atoms in total. The molecule has 2 heterocycles. The summed E-state index contributed by atoms with van der Waals surface area (Å²) in [7, 11) is 0. The molecule has 0 bridgehead atoms. The van der Waals surface area contributed by atoms with Crippen LogP contribution in [-0.2, 0) is 16.0 Å². The van der Waals surface area contributed by atoms with Crippen LogP contribution >= 0.6 is 0 Å². The van der Waals surface area contributed by atoms with Gasteiger partial charge in [-0.05, 0) is 52.2 Å². The first-order valence-electron chi connectivity index (χ1n) is 9.39. The molecule has 0 saturated carbocycles. The molecule has 0 spiro atoms. The standard InChI is InChI=1S/C20H29N3O3/c1-14(24)23-13-10-16-17(6-5-7-18(16)23)21-15-8-11-22(12-9-15)19(25)26-20(2,3)4/h5-7,15,21H,8-13H2,1-4H3. The summed E-state index contributed by atoms with van der Waals surface area (Å²) in [4.78, 5) is 27.6. The molecule has 2 aliphatic rings. The van der Waals surface area contributed by atoms with Crippen LogP contribution in [0.3, 0.4) is 0 Å². The van der Waals surface area contributed by atoms with Crippen LogP contribution in [0, 0.1) is 0 Å². The summed E-state index contributed by atoms with van der Waals surface area (Å²) < 4.78 is 5.45. The fourth-order valence-corrected chi connectivity index (χ4v) is 3.65. The van der Waals surface area contributed by atoms with Crippen molar-refractivity contribution in [3.05, 3.63) is 23.8 Å². The Bertz CT molecular complexity index is 688. The Morgan fingerprint density at radius 2 is 1.85 bits per heavy atom. The van der Waals surface area contributed by atoms with E-state index < -0.39 is 5.60 Å². The van der Waals surface area contributed by atoms with Crippen LogP contribution in [0.5, 0.6) is 0 Å². The molecule has 0 radical (unpaired) electrons. The van der Waals surface area contributed by atoms with Gasteiger partial charge in [0.1, 0.15) is 5.60 Å². The smallest absolute Gasteiger partial charge is 0.410 e. The number of hydrogen-bond donors (Lipinski definition) is 1. The molecule has 0 aliphatic carbocycles. The molecule has 0 unspecified atom stereocenters. The molecule has 2 aliphatic heterocycles. The van der Waals surface area contributed by atoms with Crippen LogP contribution < -0.4 is 10.2 Å². The van der Waals surface area contributed by atoms with Crippen molar-refractivity contribution in [1.29, 1.82) is 0 Å². The van der Waals surface area contributed by atoms with Crippen molar-refractivity contribution in [3.63, 3.8) is 0 Å². The van der Waals surface area contributed by atoms with Gasteiger partial charge in [0, 0.05) is 49.5 Å². The van der Waals surface area contributed by atoms with E-state index in [1.807, 2.05) is 37.8 Å². The molecule has 6 heteroatoms. The summed E-state index contributed by atoms with van der Waals surface area (Å²) in [5.41, 5.74) is 2.90. The Balaban J connectivity index is 1.59. The topological polar surface area (TPSA) is 61.9 Å². The predicted molar refractivity (Wildman–Crippen MR) is 103 cm³/mol. The molecule has 2 amide bonds. The molecule has 0 atom stereocenters. The summed E-state index contributed by atoms with van der Waals surface area (Å²) in [6.45, 7) is 9.42. The number of anilines is 2. The zero-order valence-electron chi connectivity index (χ0n) is 16.2. The maximum absolute atomic E-state index is 12.2. The number of hydrogen-bond acceptors (Lipinski definition) is 4. The van der Waals surface area contributed by atoms with Gasteiger partial charge < -0.3 is 19.9 Å². The number of nitrogens with one attached hydrogen (secondary N) is 1. The van der Waals surface area contributed by atoms with Crippen LogP contribution in [0.2, 0.25) is 0 Å². The van der Waals surface area contributed by atoms with Gasteiger partial charge in [0.05, 0.1) is 0 Å². The van der Waals surface area contributed by atoms with Gasteiger partial charge in [0.25, 0.3) is 0 Å². The number of carbonyl (C=O) groups is 2. The number of amides is 2. The lowest BCUT2D eigenvalue weighted by Gasteiger charge is -2.34. The van der Waals surface area contributed by atoms with Gasteiger partial charge in [0.2, 0.25) is 5.91 Å². The molecular formula is C20H29N3O3. The van der Waals surface area contributed by atoms with E-state index in [1.165, 1.54) is 5.56 Å². The molecule has 26 heavy (non-hydrogen) atoms. The van der Waals surface area contributed by atoms with Gasteiger partial charge in [-0.1, -0.05) is 6.07 Å². The van der Waals surface area contributed by atoms with Gasteiger partial charge in [-0.3, -0.25) is 4.79 Å². The van der Waals surface area contributed by atoms with Gasteiger partial charge in [-0.15, -0.1) is 0 Å². The normalized spacial score (nSPS) is 17.8. The first kappa shape index (κ1) is 18.5. The predicted octanol–water partition coefficient (Wildman–Crippen LogP) is 3.41. The first-order chi connectivity index (χ1) is 12.2. The maximum Gasteiger partial charge on any atom is 0.410 e. The number of nitrogens with zero attached hydrogens (tertiary/aromatic N) is 2. The van der Waals surface area contributed by atoms with Crippen molar-refractivity contribution in [1.82, 2.24) is 4.90 Å². The molecule has 0 aromatic heterocycles. The third kappa shape index (κ3) is 4.11. The number of carbonyl (C=O) groups excluding carboxylic acids is 2. The van der Waals surface area contributed by atoms with Crippen LogP contribution in [0.1, 0.15) is 46.1 Å². The minimum absolute atomic E-state index is 0.0894. The minimum atomic E-state index is -0.459. The van der Waals surface area contributed by atoms with Gasteiger partial charge in [-0.2, -0.15) is 0 Å². The Kier molecular flexibility index (Phi) is 5.12. The summed E-state index contributed by atoms with van der Waals surface area (Å²) >= 11 is 0. The Labute approximate surface area is 155 Å². The van der Waals surface area contributed by atoms with Gasteiger partial charge >= 0.3 is 6.09 Å². The minimum Gasteiger partial charge on any atom is -0.444 e. The number of fused-ring (bicyclic) bond motifs is 1. The average Bonchev–Trinajstić information content (AvgIpc) is 2.99. The van der Waals surface area contributed by atoms with E-state index in [1.54, 1.807) is 11.8 Å². The summed E-state index contributed by atoms with van der Waals surface area (Å²) in [6.07, 6.45) is 2.43. The van der Waals surface area contributed by atoms with E-state index in [9.17, 15) is 9.59 Å². The highest BCUT2D eigenvalue weighted by Gasteiger charge is 2.28. The maximum atomic E-state index is 12.2. The number of piperidine rings is 1. The van der Waals surface area contributed by atoms with Crippen molar-refractivity contribution in [2.45, 2.75) is 58.6 Å². The van der Waals surface area contributed by atoms with E-state index in [4.69, 9.17) is 4.74 Å². The number of benzene rings is 1. The first-order valence-corrected chi connectivity index (χ1v) is 9.39. The zero-order chi connectivity index (χ0) is 18.9. The lowest BCUT2D eigenvalue weighted by Crippen LogP contribution is -2.44. The third-order valence-electron chi connectivity index (χ3n) is 4.91. The molecular weight excluding hydrogens is 330 g/mol. The summed E-state index contributed by atoms with van der Waals surface area (Å²) in [5, 5.41) is 3.63. The summed E-state index contributed by atoms with van der Waals surface area (Å²) in [6, 6.07) is 6.42. The average molecular weight is 359 g/mol. The van der Waals surface area contributed by atoms with Crippen LogP contribution in [0.15, 0.2) is 18.2 Å². The monoisotopic (exact) mass is 359 g/mol. The fourth-order valence-electron chi connectivity index (χ4n) is 3.65. The Morgan fingerprint density at radius 1 is 1.15 bits per heavy atom. The molecule has 1 N–H and O–H groups in total. The van der Waals surface area contributed by atoms with E-state index in [-0.39, 0.29) is 12.0 Å². The Hall–Kier alpha value is -2.24. The van der Waals surface area contributed by atoms with Crippen LogP contribution in [0.25, 0.3) is 0 Å². The molecule has 1 saturated heterocycles. The highest BCUT2D eigenvalue weighted by Crippen LogP contribution is 2.34. The molecule has 3 rings (SSSR count). The second-order valence-corrected chi connectivity index (χ2v) is 8.11. The van der Waals surface area contributed by atoms with E-state index in [0.717, 1.165) is 37.2 Å². The van der Waals surface area contributed by atoms with E-state index in [2.05, 4.69) is 11.4 Å². The van der Waals surface area contributed by atoms with Crippen LogP contribution in [0.4, 0.5) is 16.2 Å². The van der Waals surface area contributed by atoms with Crippen molar-refractivity contribution in [2.24, 2.45) is 0 Å². The second-order valence-electron chi connectivity index (χ2n) is 8.11. The number of likely N-dealkylation sites (tertiary alicyclic amines) is 1. The highest BCUT2D eigenvalue weighted by atomic mass is 16.6. The van der Waals surface area contributed by atoms with Crippen LogP contribution in [-0.4, -0.2) is 48.2 Å². The Morgan fingerprint density at radius 3 is 2.46 bits per heavy atom. The molecule has 1 aromatic carbocycles.